The van der Waals surface area contributed by atoms with Gasteiger partial charge < -0.3 is 5.32 Å². The highest BCUT2D eigenvalue weighted by Gasteiger charge is 2.11. The van der Waals surface area contributed by atoms with Gasteiger partial charge in [-0.25, -0.2) is 4.98 Å². The summed E-state index contributed by atoms with van der Waals surface area (Å²) in [6.07, 6.45) is 1.31. The van der Waals surface area contributed by atoms with Crippen molar-refractivity contribution >= 4 is 5.91 Å². The summed E-state index contributed by atoms with van der Waals surface area (Å²) in [6, 6.07) is 10.7. The summed E-state index contributed by atoms with van der Waals surface area (Å²) in [5.41, 5.74) is 2.06. The summed E-state index contributed by atoms with van der Waals surface area (Å²) in [5, 5.41) is 2.68. The molecular weight excluding hydrogens is 231 g/mol. The van der Waals surface area contributed by atoms with Gasteiger partial charge in [0, 0.05) is 12.7 Å². The first-order valence-electron chi connectivity index (χ1n) is 5.61. The van der Waals surface area contributed by atoms with Crippen molar-refractivity contribution in [2.45, 2.75) is 13.5 Å². The highest BCUT2D eigenvalue weighted by atomic mass is 19.1. The molecule has 1 aromatic carbocycles. The zero-order valence-electron chi connectivity index (χ0n) is 9.98. The fourth-order valence-corrected chi connectivity index (χ4v) is 1.63. The minimum Gasteiger partial charge on any atom is -0.348 e. The van der Waals surface area contributed by atoms with Crippen molar-refractivity contribution in [3.8, 4) is 0 Å². The van der Waals surface area contributed by atoms with E-state index in [-0.39, 0.29) is 5.56 Å². The average molecular weight is 244 g/mol. The first-order chi connectivity index (χ1) is 8.68. The molecule has 0 aliphatic rings. The van der Waals surface area contributed by atoms with E-state index in [1.165, 1.54) is 18.3 Å². The predicted octanol–water partition coefficient (Wildman–Crippen LogP) is 2.46. The maximum absolute atomic E-state index is 13.3. The van der Waals surface area contributed by atoms with Crippen LogP contribution in [0.15, 0.2) is 42.6 Å². The molecular formula is C14H13FN2O. The quantitative estimate of drug-likeness (QED) is 0.843. The maximum atomic E-state index is 13.3. The van der Waals surface area contributed by atoms with Crippen molar-refractivity contribution < 1.29 is 9.18 Å². The third-order valence-corrected chi connectivity index (χ3v) is 2.70. The van der Waals surface area contributed by atoms with Crippen LogP contribution < -0.4 is 5.32 Å². The van der Waals surface area contributed by atoms with Crippen molar-refractivity contribution in [3.05, 3.63) is 65.2 Å². The molecule has 0 saturated carbocycles. The lowest BCUT2D eigenvalue weighted by molar-refractivity contribution is 0.0946. The van der Waals surface area contributed by atoms with E-state index >= 15 is 0 Å². The Morgan fingerprint density at radius 3 is 2.78 bits per heavy atom. The van der Waals surface area contributed by atoms with E-state index in [4.69, 9.17) is 0 Å². The topological polar surface area (TPSA) is 42.0 Å². The molecule has 0 atom stereocenters. The molecule has 0 aliphatic heterocycles. The number of nitrogens with zero attached hydrogens (tertiary/aromatic N) is 1. The smallest absolute Gasteiger partial charge is 0.256 e. The number of aryl methyl sites for hydroxylation is 1. The minimum absolute atomic E-state index is 0.0360. The van der Waals surface area contributed by atoms with Crippen molar-refractivity contribution in [3.63, 3.8) is 0 Å². The van der Waals surface area contributed by atoms with Crippen molar-refractivity contribution in [2.24, 2.45) is 0 Å². The van der Waals surface area contributed by atoms with Gasteiger partial charge in [0.15, 0.2) is 0 Å². The number of pyridine rings is 1. The normalized spacial score (nSPS) is 10.1. The molecule has 18 heavy (non-hydrogen) atoms. The van der Waals surface area contributed by atoms with Gasteiger partial charge in [0.2, 0.25) is 5.95 Å². The molecule has 0 bridgehead atoms. The molecule has 0 radical (unpaired) electrons. The van der Waals surface area contributed by atoms with Crippen LogP contribution in [0, 0.1) is 12.9 Å². The number of benzene rings is 1. The van der Waals surface area contributed by atoms with Gasteiger partial charge in [-0.1, -0.05) is 24.3 Å². The summed E-state index contributed by atoms with van der Waals surface area (Å²) < 4.78 is 13.3. The van der Waals surface area contributed by atoms with E-state index in [1.54, 1.807) is 0 Å². The van der Waals surface area contributed by atoms with Crippen molar-refractivity contribution in [2.75, 3.05) is 0 Å². The molecule has 1 heterocycles. The Balaban J connectivity index is 2.06. The first kappa shape index (κ1) is 12.2. The van der Waals surface area contributed by atoms with Crippen LogP contribution in [-0.4, -0.2) is 10.9 Å². The number of nitrogens with one attached hydrogen (secondary N) is 1. The molecule has 0 fully saturated rings. The molecule has 1 amide bonds. The van der Waals surface area contributed by atoms with Crippen LogP contribution in [-0.2, 0) is 6.54 Å². The second-order valence-electron chi connectivity index (χ2n) is 3.95. The summed E-state index contributed by atoms with van der Waals surface area (Å²) >= 11 is 0. The van der Waals surface area contributed by atoms with E-state index in [1.807, 2.05) is 31.2 Å². The minimum atomic E-state index is -0.750. The van der Waals surface area contributed by atoms with Crippen LogP contribution in [0.2, 0.25) is 0 Å². The van der Waals surface area contributed by atoms with Crippen LogP contribution in [0.4, 0.5) is 4.39 Å². The SMILES string of the molecule is Cc1ccccc1CNC(=O)c1cccnc1F. The molecule has 1 aromatic heterocycles. The summed E-state index contributed by atoms with van der Waals surface area (Å²) in [5.74, 6) is -1.20. The van der Waals surface area contributed by atoms with Gasteiger partial charge in [-0.15, -0.1) is 0 Å². The number of rotatable bonds is 3. The summed E-state index contributed by atoms with van der Waals surface area (Å²) in [6.45, 7) is 2.34. The van der Waals surface area contributed by atoms with E-state index in [9.17, 15) is 9.18 Å². The molecule has 4 heteroatoms. The average Bonchev–Trinajstić information content (AvgIpc) is 2.38. The largest absolute Gasteiger partial charge is 0.348 e. The molecule has 0 aliphatic carbocycles. The maximum Gasteiger partial charge on any atom is 0.256 e. The number of hydrogen-bond acceptors (Lipinski definition) is 2. The fourth-order valence-electron chi connectivity index (χ4n) is 1.63. The van der Waals surface area contributed by atoms with Gasteiger partial charge in [0.05, 0.1) is 5.56 Å². The molecule has 2 aromatic rings. The van der Waals surface area contributed by atoms with Crippen molar-refractivity contribution in [1.82, 2.24) is 10.3 Å². The first-order valence-corrected chi connectivity index (χ1v) is 5.61. The number of hydrogen-bond donors (Lipinski definition) is 1. The van der Waals surface area contributed by atoms with Crippen LogP contribution in [0.5, 0.6) is 0 Å². The Morgan fingerprint density at radius 1 is 1.28 bits per heavy atom. The molecule has 0 unspecified atom stereocenters. The molecule has 3 nitrogen and oxygen atoms in total. The lowest BCUT2D eigenvalue weighted by Crippen LogP contribution is -2.24. The van der Waals surface area contributed by atoms with Gasteiger partial charge in [-0.2, -0.15) is 4.39 Å². The van der Waals surface area contributed by atoms with Crippen LogP contribution in [0.25, 0.3) is 0 Å². The molecule has 2 rings (SSSR count). The van der Waals surface area contributed by atoms with Crippen LogP contribution >= 0.6 is 0 Å². The molecule has 92 valence electrons. The van der Waals surface area contributed by atoms with E-state index in [0.717, 1.165) is 11.1 Å². The predicted molar refractivity (Wildman–Crippen MR) is 66.5 cm³/mol. The van der Waals surface area contributed by atoms with Crippen molar-refractivity contribution in [1.29, 1.82) is 0 Å². The zero-order chi connectivity index (χ0) is 13.0. The van der Waals surface area contributed by atoms with Crippen LogP contribution in [0.3, 0.4) is 0 Å². The van der Waals surface area contributed by atoms with Gasteiger partial charge in [-0.3, -0.25) is 4.79 Å². The second-order valence-corrected chi connectivity index (χ2v) is 3.95. The van der Waals surface area contributed by atoms with E-state index in [0.29, 0.717) is 6.54 Å². The number of carbonyl (C=O) groups is 1. The van der Waals surface area contributed by atoms with Gasteiger partial charge in [0.1, 0.15) is 0 Å². The number of halogens is 1. The monoisotopic (exact) mass is 244 g/mol. The molecule has 1 N–H and O–H groups in total. The molecule has 0 spiro atoms. The highest BCUT2D eigenvalue weighted by molar-refractivity contribution is 5.94. The Hall–Kier alpha value is -2.23. The standard InChI is InChI=1S/C14H13FN2O/c1-10-5-2-3-6-11(10)9-17-14(18)12-7-4-8-16-13(12)15/h2-8H,9H2,1H3,(H,17,18). The number of aromatic nitrogens is 1. The lowest BCUT2D eigenvalue weighted by Gasteiger charge is -2.07. The Bertz CT molecular complexity index is 569. The lowest BCUT2D eigenvalue weighted by atomic mass is 10.1. The third-order valence-electron chi connectivity index (χ3n) is 2.70. The van der Waals surface area contributed by atoms with E-state index < -0.39 is 11.9 Å². The van der Waals surface area contributed by atoms with Gasteiger partial charge in [0.25, 0.3) is 5.91 Å². The number of amides is 1. The van der Waals surface area contributed by atoms with Gasteiger partial charge in [-0.05, 0) is 30.2 Å². The third kappa shape index (κ3) is 2.71. The van der Waals surface area contributed by atoms with Crippen LogP contribution in [0.1, 0.15) is 21.5 Å². The summed E-state index contributed by atoms with van der Waals surface area (Å²) in [4.78, 5) is 15.2. The fraction of sp³-hybridized carbons (Fsp3) is 0.143. The summed E-state index contributed by atoms with van der Waals surface area (Å²) in [7, 11) is 0. The van der Waals surface area contributed by atoms with Gasteiger partial charge >= 0.3 is 0 Å². The Labute approximate surface area is 105 Å². The Kier molecular flexibility index (Phi) is 3.67. The zero-order valence-corrected chi connectivity index (χ0v) is 9.98. The number of carbonyl (C=O) groups excluding carboxylic acids is 1. The van der Waals surface area contributed by atoms with E-state index in [2.05, 4.69) is 10.3 Å². The Morgan fingerprint density at radius 2 is 2.06 bits per heavy atom. The second kappa shape index (κ2) is 5.40. The molecule has 0 saturated heterocycles. The highest BCUT2D eigenvalue weighted by Crippen LogP contribution is 2.07.